The molecule has 0 spiro atoms. The van der Waals surface area contributed by atoms with Gasteiger partial charge in [0.2, 0.25) is 0 Å². The molecule has 0 bridgehead atoms. The summed E-state index contributed by atoms with van der Waals surface area (Å²) in [5.74, 6) is 0.609. The molecule has 1 aliphatic heterocycles. The minimum atomic E-state index is 0.609. The van der Waals surface area contributed by atoms with E-state index in [0.717, 1.165) is 12.8 Å². The van der Waals surface area contributed by atoms with Crippen LogP contribution in [0.15, 0.2) is 72.8 Å². The molecule has 0 aliphatic carbocycles. The quantitative estimate of drug-likeness (QED) is 0.513. The lowest BCUT2D eigenvalue weighted by Crippen LogP contribution is -2.11. The van der Waals surface area contributed by atoms with Crippen molar-refractivity contribution in [1.82, 2.24) is 0 Å². The summed E-state index contributed by atoms with van der Waals surface area (Å²) in [6, 6.07) is 26.8. The summed E-state index contributed by atoms with van der Waals surface area (Å²) < 4.78 is 0. The molecule has 0 radical (unpaired) electrons. The normalized spacial score (nSPS) is 14.4. The lowest BCUT2D eigenvalue weighted by molar-refractivity contribution is 0.733. The first-order chi connectivity index (χ1) is 12.3. The van der Waals surface area contributed by atoms with Gasteiger partial charge >= 0.3 is 0 Å². The molecule has 126 valence electrons. The molecule has 0 N–H and O–H groups in total. The number of hydrogen-bond acceptors (Lipinski definition) is 1. The van der Waals surface area contributed by atoms with Crippen LogP contribution in [0, 0.1) is 0 Å². The van der Waals surface area contributed by atoms with Gasteiger partial charge in [-0.2, -0.15) is 0 Å². The van der Waals surface area contributed by atoms with Gasteiger partial charge in [0.25, 0.3) is 0 Å². The van der Waals surface area contributed by atoms with Gasteiger partial charge in [0.15, 0.2) is 0 Å². The van der Waals surface area contributed by atoms with Crippen molar-refractivity contribution in [2.75, 3.05) is 4.90 Å². The van der Waals surface area contributed by atoms with Crippen molar-refractivity contribution in [3.63, 3.8) is 0 Å². The Morgan fingerprint density at radius 2 is 1.28 bits per heavy atom. The Morgan fingerprint density at radius 3 is 1.80 bits per heavy atom. The molecule has 1 heteroatoms. The van der Waals surface area contributed by atoms with Crippen molar-refractivity contribution in [3.8, 4) is 0 Å². The summed E-state index contributed by atoms with van der Waals surface area (Å²) >= 11 is 0. The Hall–Kier alpha value is -2.54. The largest absolute Gasteiger partial charge is 0.310 e. The Labute approximate surface area is 150 Å². The minimum absolute atomic E-state index is 0.609. The summed E-state index contributed by atoms with van der Waals surface area (Å²) in [4.78, 5) is 2.43. The molecular formula is C24H25N. The number of para-hydroxylation sites is 2. The molecule has 25 heavy (non-hydrogen) atoms. The van der Waals surface area contributed by atoms with Crippen molar-refractivity contribution in [3.05, 3.63) is 89.5 Å². The topological polar surface area (TPSA) is 3.24 Å². The third-order valence-electron chi connectivity index (χ3n) is 5.46. The molecule has 1 nitrogen and oxygen atoms in total. The van der Waals surface area contributed by atoms with Gasteiger partial charge in [0.05, 0.1) is 0 Å². The zero-order valence-electron chi connectivity index (χ0n) is 15.1. The highest BCUT2D eigenvalue weighted by molar-refractivity contribution is 5.81. The summed E-state index contributed by atoms with van der Waals surface area (Å²) in [7, 11) is 0. The van der Waals surface area contributed by atoms with Crippen LogP contribution >= 0.6 is 0 Å². The predicted octanol–water partition coefficient (Wildman–Crippen LogP) is 6.77. The summed E-state index contributed by atoms with van der Waals surface area (Å²) in [6.07, 6.45) is 3.36. The Balaban J connectivity index is 1.85. The van der Waals surface area contributed by atoms with E-state index >= 15 is 0 Å². The third-order valence-corrected chi connectivity index (χ3v) is 5.46. The molecule has 0 saturated carbocycles. The molecule has 1 atom stereocenters. The first kappa shape index (κ1) is 16.0. The van der Waals surface area contributed by atoms with Crippen molar-refractivity contribution in [2.24, 2.45) is 0 Å². The van der Waals surface area contributed by atoms with Crippen LogP contribution in [0.4, 0.5) is 17.1 Å². The van der Waals surface area contributed by atoms with Gasteiger partial charge in [0, 0.05) is 17.1 Å². The first-order valence-electron chi connectivity index (χ1n) is 9.34. The average molecular weight is 327 g/mol. The smallest absolute Gasteiger partial charge is 0.0493 e. The van der Waals surface area contributed by atoms with E-state index in [2.05, 4.69) is 91.5 Å². The zero-order valence-corrected chi connectivity index (χ0v) is 15.1. The number of hydrogen-bond donors (Lipinski definition) is 0. The standard InChI is InChI=1S/C24H25N/c1-3-18(2)19-14-16-22(17-15-19)25-23-10-6-4-8-20(23)12-13-21-9-5-7-11-24(21)25/h4-11,14-18H,3,12-13H2,1-2H3. The van der Waals surface area contributed by atoms with E-state index in [-0.39, 0.29) is 0 Å². The van der Waals surface area contributed by atoms with Crippen LogP contribution in [0.5, 0.6) is 0 Å². The van der Waals surface area contributed by atoms with Gasteiger partial charge in [-0.3, -0.25) is 0 Å². The van der Waals surface area contributed by atoms with Gasteiger partial charge in [-0.25, -0.2) is 0 Å². The van der Waals surface area contributed by atoms with Crippen molar-refractivity contribution < 1.29 is 0 Å². The summed E-state index contributed by atoms with van der Waals surface area (Å²) in [5.41, 5.74) is 8.12. The third kappa shape index (κ3) is 2.95. The molecular weight excluding hydrogens is 302 g/mol. The van der Waals surface area contributed by atoms with E-state index < -0.39 is 0 Å². The van der Waals surface area contributed by atoms with Gasteiger partial charge in [-0.1, -0.05) is 62.4 Å². The van der Waals surface area contributed by atoms with E-state index in [1.54, 1.807) is 0 Å². The molecule has 1 heterocycles. The van der Waals surface area contributed by atoms with E-state index in [1.165, 1.54) is 40.2 Å². The van der Waals surface area contributed by atoms with Gasteiger partial charge in [0.1, 0.15) is 0 Å². The number of anilines is 3. The predicted molar refractivity (Wildman–Crippen MR) is 107 cm³/mol. The number of fused-ring (bicyclic) bond motifs is 2. The van der Waals surface area contributed by atoms with E-state index in [4.69, 9.17) is 0 Å². The van der Waals surface area contributed by atoms with Gasteiger partial charge < -0.3 is 4.90 Å². The summed E-state index contributed by atoms with van der Waals surface area (Å²) in [5, 5.41) is 0. The molecule has 0 fully saturated rings. The number of aryl methyl sites for hydroxylation is 2. The molecule has 0 amide bonds. The van der Waals surface area contributed by atoms with Crippen LogP contribution in [0.2, 0.25) is 0 Å². The molecule has 0 aromatic heterocycles. The maximum atomic E-state index is 2.43. The van der Waals surface area contributed by atoms with Gasteiger partial charge in [-0.05, 0) is 66.1 Å². The highest BCUT2D eigenvalue weighted by atomic mass is 15.1. The van der Waals surface area contributed by atoms with E-state index in [1.807, 2.05) is 0 Å². The maximum Gasteiger partial charge on any atom is 0.0493 e. The molecule has 4 rings (SSSR count). The van der Waals surface area contributed by atoms with Crippen molar-refractivity contribution in [1.29, 1.82) is 0 Å². The molecule has 1 aliphatic rings. The zero-order chi connectivity index (χ0) is 17.2. The lowest BCUT2D eigenvalue weighted by Gasteiger charge is -2.27. The van der Waals surface area contributed by atoms with Crippen molar-refractivity contribution in [2.45, 2.75) is 39.0 Å². The fourth-order valence-corrected chi connectivity index (χ4v) is 3.75. The van der Waals surface area contributed by atoms with Crippen molar-refractivity contribution >= 4 is 17.1 Å². The van der Waals surface area contributed by atoms with Crippen LogP contribution in [0.25, 0.3) is 0 Å². The fraction of sp³-hybridized carbons (Fsp3) is 0.250. The second kappa shape index (κ2) is 6.76. The van der Waals surface area contributed by atoms with E-state index in [9.17, 15) is 0 Å². The van der Waals surface area contributed by atoms with Crippen LogP contribution in [-0.2, 0) is 12.8 Å². The van der Waals surface area contributed by atoms with Gasteiger partial charge in [-0.15, -0.1) is 0 Å². The van der Waals surface area contributed by atoms with Crippen LogP contribution < -0.4 is 4.90 Å². The maximum absolute atomic E-state index is 2.43. The second-order valence-electron chi connectivity index (χ2n) is 6.99. The summed E-state index contributed by atoms with van der Waals surface area (Å²) in [6.45, 7) is 4.55. The van der Waals surface area contributed by atoms with E-state index in [0.29, 0.717) is 5.92 Å². The minimum Gasteiger partial charge on any atom is -0.310 e. The number of benzene rings is 3. The molecule has 3 aromatic carbocycles. The van der Waals surface area contributed by atoms with Crippen LogP contribution in [0.3, 0.4) is 0 Å². The SMILES string of the molecule is CCC(C)c1ccc(N2c3ccccc3CCc3ccccc32)cc1. The fourth-order valence-electron chi connectivity index (χ4n) is 3.75. The van der Waals surface area contributed by atoms with Crippen LogP contribution in [0.1, 0.15) is 42.9 Å². The average Bonchev–Trinajstić information content (AvgIpc) is 2.84. The highest BCUT2D eigenvalue weighted by Crippen LogP contribution is 2.41. The Morgan fingerprint density at radius 1 is 0.760 bits per heavy atom. The first-order valence-corrected chi connectivity index (χ1v) is 9.34. The lowest BCUT2D eigenvalue weighted by atomic mass is 9.98. The molecule has 0 saturated heterocycles. The highest BCUT2D eigenvalue weighted by Gasteiger charge is 2.21. The second-order valence-corrected chi connectivity index (χ2v) is 6.99. The Bertz CT molecular complexity index is 816. The number of rotatable bonds is 3. The molecule has 3 aromatic rings. The van der Waals surface area contributed by atoms with Crippen LogP contribution in [-0.4, -0.2) is 0 Å². The number of nitrogens with zero attached hydrogens (tertiary/aromatic N) is 1. The monoisotopic (exact) mass is 327 g/mol. The molecule has 1 unspecified atom stereocenters. The Kier molecular flexibility index (Phi) is 4.31.